The van der Waals surface area contributed by atoms with E-state index in [1.165, 1.54) is 35.9 Å². The number of methoxy groups -OCH3 is 1. The van der Waals surface area contributed by atoms with Gasteiger partial charge in [-0.3, -0.25) is 19.8 Å². The Kier molecular flexibility index (Phi) is 6.76. The first-order chi connectivity index (χ1) is 15.9. The molecule has 1 amide bonds. The summed E-state index contributed by atoms with van der Waals surface area (Å²) in [4.78, 5) is 25.1. The van der Waals surface area contributed by atoms with Crippen molar-refractivity contribution in [1.82, 2.24) is 4.90 Å². The molecule has 1 aromatic heterocycles. The zero-order chi connectivity index (χ0) is 23.4. The van der Waals surface area contributed by atoms with Gasteiger partial charge in [0.2, 0.25) is 0 Å². The summed E-state index contributed by atoms with van der Waals surface area (Å²) in [6.45, 7) is 0.507. The van der Waals surface area contributed by atoms with Crippen LogP contribution in [0.15, 0.2) is 70.2 Å². The van der Waals surface area contributed by atoms with Crippen molar-refractivity contribution in [2.75, 3.05) is 7.11 Å². The van der Waals surface area contributed by atoms with Gasteiger partial charge in [0.1, 0.15) is 16.7 Å². The van der Waals surface area contributed by atoms with Crippen LogP contribution in [0.25, 0.3) is 6.08 Å². The Morgan fingerprint density at radius 1 is 1.18 bits per heavy atom. The van der Waals surface area contributed by atoms with Crippen LogP contribution < -0.4 is 9.47 Å². The fraction of sp³-hybridized carbons (Fsp3) is 0.130. The van der Waals surface area contributed by atoms with Gasteiger partial charge >= 0.3 is 0 Å². The van der Waals surface area contributed by atoms with E-state index in [1.807, 2.05) is 6.07 Å². The fourth-order valence-corrected chi connectivity index (χ4v) is 4.37. The van der Waals surface area contributed by atoms with E-state index in [2.05, 4.69) is 0 Å². The van der Waals surface area contributed by atoms with Crippen molar-refractivity contribution in [2.24, 2.45) is 0 Å². The first-order valence-corrected chi connectivity index (χ1v) is 11.0. The van der Waals surface area contributed by atoms with Gasteiger partial charge in [-0.1, -0.05) is 30.0 Å². The highest BCUT2D eigenvalue weighted by molar-refractivity contribution is 8.26. The predicted octanol–water partition coefficient (Wildman–Crippen LogP) is 5.18. The second kappa shape index (κ2) is 9.88. The van der Waals surface area contributed by atoms with Gasteiger partial charge in [-0.15, -0.1) is 0 Å². The minimum absolute atomic E-state index is 0.0234. The Balaban J connectivity index is 1.46. The first-order valence-electron chi connectivity index (χ1n) is 9.76. The van der Waals surface area contributed by atoms with Crippen LogP contribution in [0.3, 0.4) is 0 Å². The summed E-state index contributed by atoms with van der Waals surface area (Å²) >= 11 is 6.59. The van der Waals surface area contributed by atoms with E-state index in [4.69, 9.17) is 26.1 Å². The van der Waals surface area contributed by atoms with Crippen LogP contribution in [-0.4, -0.2) is 27.2 Å². The number of nitro benzene ring substituents is 1. The summed E-state index contributed by atoms with van der Waals surface area (Å²) in [5, 5.41) is 10.8. The summed E-state index contributed by atoms with van der Waals surface area (Å²) in [5.74, 6) is 1.48. The number of nitro groups is 1. The number of hydrogen-bond donors (Lipinski definition) is 0. The lowest BCUT2D eigenvalue weighted by Gasteiger charge is -2.12. The van der Waals surface area contributed by atoms with Gasteiger partial charge in [0, 0.05) is 12.1 Å². The Labute approximate surface area is 198 Å². The number of non-ortho nitro benzene ring substituents is 1. The van der Waals surface area contributed by atoms with Crippen LogP contribution in [0.4, 0.5) is 5.69 Å². The lowest BCUT2D eigenvalue weighted by atomic mass is 10.1. The molecule has 1 fully saturated rings. The highest BCUT2D eigenvalue weighted by Gasteiger charge is 2.32. The highest BCUT2D eigenvalue weighted by atomic mass is 32.2. The third-order valence-corrected chi connectivity index (χ3v) is 6.17. The maximum Gasteiger partial charge on any atom is 0.269 e. The van der Waals surface area contributed by atoms with Gasteiger partial charge in [-0.25, -0.2) is 0 Å². The number of hydrogen-bond acceptors (Lipinski definition) is 8. The average molecular weight is 483 g/mol. The Morgan fingerprint density at radius 2 is 1.97 bits per heavy atom. The average Bonchev–Trinajstić information content (AvgIpc) is 3.42. The first kappa shape index (κ1) is 22.6. The number of benzene rings is 2. The molecule has 1 aliphatic rings. The smallest absolute Gasteiger partial charge is 0.269 e. The highest BCUT2D eigenvalue weighted by Crippen LogP contribution is 2.35. The molecule has 0 atom stereocenters. The third-order valence-electron chi connectivity index (χ3n) is 4.79. The minimum Gasteiger partial charge on any atom is -0.493 e. The van der Waals surface area contributed by atoms with Gasteiger partial charge in [-0.05, 0) is 53.6 Å². The van der Waals surface area contributed by atoms with Crippen molar-refractivity contribution in [1.29, 1.82) is 0 Å². The number of ether oxygens (including phenoxy) is 2. The molecule has 4 rings (SSSR count). The summed E-state index contributed by atoms with van der Waals surface area (Å²) in [7, 11) is 1.53. The van der Waals surface area contributed by atoms with Crippen LogP contribution in [-0.2, 0) is 17.9 Å². The van der Waals surface area contributed by atoms with E-state index < -0.39 is 4.92 Å². The number of carbonyl (C=O) groups is 1. The number of amides is 1. The largest absolute Gasteiger partial charge is 0.493 e. The van der Waals surface area contributed by atoms with Crippen LogP contribution in [0.5, 0.6) is 11.5 Å². The summed E-state index contributed by atoms with van der Waals surface area (Å²) in [5.41, 5.74) is 1.57. The lowest BCUT2D eigenvalue weighted by molar-refractivity contribution is -0.384. The number of thioether (sulfide) groups is 1. The van der Waals surface area contributed by atoms with Crippen molar-refractivity contribution in [3.05, 3.63) is 92.8 Å². The van der Waals surface area contributed by atoms with Crippen LogP contribution >= 0.6 is 24.0 Å². The van der Waals surface area contributed by atoms with Gasteiger partial charge in [0.15, 0.2) is 11.5 Å². The second-order valence-corrected chi connectivity index (χ2v) is 8.65. The summed E-state index contributed by atoms with van der Waals surface area (Å²) in [6, 6.07) is 15.0. The van der Waals surface area contributed by atoms with Crippen molar-refractivity contribution in [2.45, 2.75) is 13.2 Å². The molecular weight excluding hydrogens is 464 g/mol. The maximum atomic E-state index is 12.8. The molecule has 0 N–H and O–H groups in total. The maximum absolute atomic E-state index is 12.8. The zero-order valence-corrected chi connectivity index (χ0v) is 19.1. The molecular formula is C23H18N2O6S2. The number of rotatable bonds is 8. The number of thiocarbonyl (C=S) groups is 1. The predicted molar refractivity (Wildman–Crippen MR) is 128 cm³/mol. The molecule has 1 aliphatic heterocycles. The molecule has 0 unspecified atom stereocenters. The quantitative estimate of drug-likeness (QED) is 0.188. The molecule has 8 nitrogen and oxygen atoms in total. The molecule has 0 saturated carbocycles. The lowest BCUT2D eigenvalue weighted by Crippen LogP contribution is -2.27. The van der Waals surface area contributed by atoms with E-state index >= 15 is 0 Å². The summed E-state index contributed by atoms with van der Waals surface area (Å²) < 4.78 is 17.1. The molecule has 33 heavy (non-hydrogen) atoms. The van der Waals surface area contributed by atoms with E-state index in [9.17, 15) is 14.9 Å². The Bertz CT molecular complexity index is 1220. The van der Waals surface area contributed by atoms with E-state index in [1.54, 1.807) is 48.7 Å². The molecule has 10 heteroatoms. The molecule has 1 saturated heterocycles. The summed E-state index contributed by atoms with van der Waals surface area (Å²) in [6.07, 6.45) is 3.31. The Hall–Kier alpha value is -3.63. The normalized spacial score (nSPS) is 14.7. The minimum atomic E-state index is -0.447. The molecule has 0 bridgehead atoms. The number of furan rings is 1. The van der Waals surface area contributed by atoms with Crippen LogP contribution in [0.2, 0.25) is 0 Å². The van der Waals surface area contributed by atoms with Crippen molar-refractivity contribution in [3.8, 4) is 11.5 Å². The fourth-order valence-electron chi connectivity index (χ4n) is 3.11. The van der Waals surface area contributed by atoms with Crippen molar-refractivity contribution >= 4 is 46.0 Å². The monoisotopic (exact) mass is 482 g/mol. The standard InChI is InChI=1S/C23H18N2O6S2/c1-29-20-11-16(6-9-19(20)31-14-15-4-7-17(8-5-15)25(27)28)12-21-22(26)24(23(32)33-21)13-18-3-2-10-30-18/h2-12H,13-14H2,1H3/b21-12+. The van der Waals surface area contributed by atoms with Crippen molar-refractivity contribution in [3.63, 3.8) is 0 Å². The molecule has 2 aromatic carbocycles. The molecule has 0 spiro atoms. The molecule has 168 valence electrons. The van der Waals surface area contributed by atoms with E-state index in [0.717, 1.165) is 11.1 Å². The van der Waals surface area contributed by atoms with E-state index in [-0.39, 0.29) is 24.7 Å². The SMILES string of the molecule is COc1cc(/C=C2/SC(=S)N(Cc3ccco3)C2=O)ccc1OCc1ccc([N+](=O)[O-])cc1. The van der Waals surface area contributed by atoms with E-state index in [0.29, 0.717) is 26.5 Å². The molecule has 0 radical (unpaired) electrons. The van der Waals surface area contributed by atoms with Crippen LogP contribution in [0.1, 0.15) is 16.9 Å². The van der Waals surface area contributed by atoms with Crippen LogP contribution in [0, 0.1) is 10.1 Å². The topological polar surface area (TPSA) is 95.0 Å². The second-order valence-electron chi connectivity index (χ2n) is 6.97. The molecule has 2 heterocycles. The van der Waals surface area contributed by atoms with Gasteiger partial charge < -0.3 is 13.9 Å². The number of nitrogens with zero attached hydrogens (tertiary/aromatic N) is 2. The van der Waals surface area contributed by atoms with Gasteiger partial charge in [0.25, 0.3) is 11.6 Å². The molecule has 0 aliphatic carbocycles. The molecule has 3 aromatic rings. The van der Waals surface area contributed by atoms with Gasteiger partial charge in [-0.2, -0.15) is 0 Å². The zero-order valence-electron chi connectivity index (χ0n) is 17.4. The van der Waals surface area contributed by atoms with Gasteiger partial charge in [0.05, 0.1) is 29.7 Å². The Morgan fingerprint density at radius 3 is 2.64 bits per heavy atom. The third kappa shape index (κ3) is 5.24. The van der Waals surface area contributed by atoms with Crippen molar-refractivity contribution < 1.29 is 23.6 Å². The number of carbonyl (C=O) groups excluding carboxylic acids is 1.